The highest BCUT2D eigenvalue weighted by Crippen LogP contribution is 2.17. The number of benzene rings is 1. The van der Waals surface area contributed by atoms with Crippen LogP contribution in [0.1, 0.15) is 36.0 Å². The molecular weight excluding hydrogens is 368 g/mol. The summed E-state index contributed by atoms with van der Waals surface area (Å²) in [7, 11) is -4.32. The van der Waals surface area contributed by atoms with Crippen molar-refractivity contribution in [2.45, 2.75) is 32.2 Å². The van der Waals surface area contributed by atoms with Crippen LogP contribution >= 0.6 is 0 Å². The Hall–Kier alpha value is -2.33. The molecule has 0 atom stereocenters. The minimum atomic E-state index is -4.32. The number of hydrogen-bond donors (Lipinski definition) is 1. The molecule has 1 aromatic carbocycles. The van der Waals surface area contributed by atoms with Gasteiger partial charge in [-0.3, -0.25) is 4.79 Å². The highest BCUT2D eigenvalue weighted by atomic mass is 32.2. The van der Waals surface area contributed by atoms with Crippen LogP contribution in [0.3, 0.4) is 0 Å². The largest absolute Gasteiger partial charge is 0.444 e. The predicted octanol–water partition coefficient (Wildman–Crippen LogP) is 2.22. The molecule has 2 rings (SSSR count). The van der Waals surface area contributed by atoms with Crippen LogP contribution in [-0.2, 0) is 16.6 Å². The molecule has 26 heavy (non-hydrogen) atoms. The molecule has 0 aliphatic carbocycles. The van der Waals surface area contributed by atoms with Crippen LogP contribution in [0, 0.1) is 18.6 Å². The van der Waals surface area contributed by atoms with E-state index in [4.69, 9.17) is 4.42 Å². The minimum absolute atomic E-state index is 0.0570. The summed E-state index contributed by atoms with van der Waals surface area (Å²) in [4.78, 5) is 17.1. The molecule has 2 aromatic rings. The third kappa shape index (κ3) is 4.25. The molecule has 0 unspecified atom stereocenters. The van der Waals surface area contributed by atoms with E-state index in [1.54, 1.807) is 4.90 Å². The lowest BCUT2D eigenvalue weighted by molar-refractivity contribution is 0.0766. The summed E-state index contributed by atoms with van der Waals surface area (Å²) in [5.74, 6) is -2.11. The molecule has 7 nitrogen and oxygen atoms in total. The van der Waals surface area contributed by atoms with Crippen LogP contribution in [0.15, 0.2) is 27.5 Å². The molecule has 142 valence electrons. The molecule has 0 spiro atoms. The fourth-order valence-electron chi connectivity index (χ4n) is 2.30. The van der Waals surface area contributed by atoms with Gasteiger partial charge in [-0.05, 0) is 39.0 Å². The van der Waals surface area contributed by atoms with Crippen LogP contribution < -0.4 is 4.72 Å². The molecule has 1 N–H and O–H groups in total. The van der Waals surface area contributed by atoms with Crippen LogP contribution in [0.5, 0.6) is 0 Å². The van der Waals surface area contributed by atoms with Gasteiger partial charge in [0.1, 0.15) is 22.3 Å². The fraction of sp³-hybridized carbons (Fsp3) is 0.375. The molecule has 0 saturated heterocycles. The number of sulfonamides is 1. The Bertz CT molecular complexity index is 908. The molecule has 1 amide bonds. The first kappa shape index (κ1) is 20.0. The lowest BCUT2D eigenvalue weighted by atomic mass is 10.3. The van der Waals surface area contributed by atoms with E-state index in [-0.39, 0.29) is 23.3 Å². The zero-order valence-corrected chi connectivity index (χ0v) is 15.4. The number of oxazole rings is 1. The highest BCUT2D eigenvalue weighted by molar-refractivity contribution is 7.89. The number of aryl methyl sites for hydroxylation is 1. The molecule has 0 aliphatic heterocycles. The number of hydrogen-bond acceptors (Lipinski definition) is 5. The highest BCUT2D eigenvalue weighted by Gasteiger charge is 2.24. The molecule has 0 fully saturated rings. The van der Waals surface area contributed by atoms with E-state index in [0.717, 1.165) is 12.1 Å². The van der Waals surface area contributed by atoms with Crippen molar-refractivity contribution in [1.29, 1.82) is 0 Å². The maximum Gasteiger partial charge on any atom is 0.276 e. The van der Waals surface area contributed by atoms with Crippen molar-refractivity contribution in [2.24, 2.45) is 0 Å². The molecular formula is C16H19F2N3O4S. The van der Waals surface area contributed by atoms with Crippen molar-refractivity contribution in [1.82, 2.24) is 14.6 Å². The first-order valence-electron chi connectivity index (χ1n) is 7.89. The van der Waals surface area contributed by atoms with E-state index >= 15 is 0 Å². The molecule has 0 aliphatic rings. The summed E-state index contributed by atoms with van der Waals surface area (Å²) < 4.78 is 58.5. The number of halogens is 2. The Kier molecular flexibility index (Phi) is 6.09. The molecule has 0 bridgehead atoms. The number of carbonyl (C=O) groups excluding carboxylic acids is 1. The summed E-state index contributed by atoms with van der Waals surface area (Å²) in [5, 5.41) is 0. The Morgan fingerprint density at radius 1 is 1.27 bits per heavy atom. The van der Waals surface area contributed by atoms with Gasteiger partial charge in [0.25, 0.3) is 5.91 Å². The second-order valence-corrected chi connectivity index (χ2v) is 7.12. The lowest BCUT2D eigenvalue weighted by Gasteiger charge is -2.16. The Morgan fingerprint density at radius 2 is 1.92 bits per heavy atom. The van der Waals surface area contributed by atoms with Gasteiger partial charge in [0.05, 0.1) is 6.54 Å². The normalized spacial score (nSPS) is 11.6. The number of aromatic nitrogens is 1. The number of carbonyl (C=O) groups is 1. The van der Waals surface area contributed by atoms with E-state index in [0.29, 0.717) is 19.2 Å². The van der Waals surface area contributed by atoms with Crippen molar-refractivity contribution >= 4 is 15.9 Å². The van der Waals surface area contributed by atoms with E-state index in [2.05, 4.69) is 9.71 Å². The van der Waals surface area contributed by atoms with Crippen LogP contribution in [0.25, 0.3) is 0 Å². The molecule has 10 heteroatoms. The fourth-order valence-corrected chi connectivity index (χ4v) is 3.37. The molecule has 0 radical (unpaired) electrons. The van der Waals surface area contributed by atoms with E-state index in [1.165, 1.54) is 6.92 Å². The van der Waals surface area contributed by atoms with Crippen LogP contribution in [0.2, 0.25) is 0 Å². The SMILES string of the molecule is CCN(CC)C(=O)c1nc(CNS(=O)(=O)c2cc(F)ccc2F)oc1C. The number of nitrogens with zero attached hydrogens (tertiary/aromatic N) is 2. The van der Waals surface area contributed by atoms with Gasteiger partial charge < -0.3 is 9.32 Å². The van der Waals surface area contributed by atoms with Crippen molar-refractivity contribution in [3.05, 3.63) is 47.2 Å². The third-order valence-electron chi connectivity index (χ3n) is 3.69. The quantitative estimate of drug-likeness (QED) is 0.786. The second-order valence-electron chi connectivity index (χ2n) is 5.39. The maximum absolute atomic E-state index is 13.7. The standard InChI is InChI=1S/C16H19F2N3O4S/c1-4-21(5-2)16(22)15-10(3)25-14(20-15)9-19-26(23,24)13-8-11(17)6-7-12(13)18/h6-8,19H,4-5,9H2,1-3H3. The van der Waals surface area contributed by atoms with E-state index in [1.807, 2.05) is 13.8 Å². The minimum Gasteiger partial charge on any atom is -0.444 e. The van der Waals surface area contributed by atoms with Gasteiger partial charge in [-0.1, -0.05) is 0 Å². The summed E-state index contributed by atoms with van der Waals surface area (Å²) in [6, 6.07) is 2.12. The van der Waals surface area contributed by atoms with E-state index < -0.39 is 33.1 Å². The van der Waals surface area contributed by atoms with Gasteiger partial charge in [-0.2, -0.15) is 0 Å². The van der Waals surface area contributed by atoms with Gasteiger partial charge in [0.15, 0.2) is 5.69 Å². The third-order valence-corrected chi connectivity index (χ3v) is 5.11. The number of rotatable bonds is 7. The Morgan fingerprint density at radius 3 is 2.54 bits per heavy atom. The summed E-state index contributed by atoms with van der Waals surface area (Å²) in [5.41, 5.74) is 0.0832. The van der Waals surface area contributed by atoms with Gasteiger partial charge >= 0.3 is 0 Å². The number of nitrogens with one attached hydrogen (secondary N) is 1. The zero-order chi connectivity index (χ0) is 19.5. The Balaban J connectivity index is 2.19. The second kappa shape index (κ2) is 7.92. The molecule has 1 heterocycles. The van der Waals surface area contributed by atoms with Crippen LogP contribution in [0.4, 0.5) is 8.78 Å². The van der Waals surface area contributed by atoms with Crippen molar-refractivity contribution < 1.29 is 26.4 Å². The average Bonchev–Trinajstić information content (AvgIpc) is 2.97. The summed E-state index contributed by atoms with van der Waals surface area (Å²) in [6.07, 6.45) is 0. The first-order valence-corrected chi connectivity index (χ1v) is 9.38. The summed E-state index contributed by atoms with van der Waals surface area (Å²) in [6.45, 7) is 5.74. The lowest BCUT2D eigenvalue weighted by Crippen LogP contribution is -2.31. The molecule has 0 saturated carbocycles. The van der Waals surface area contributed by atoms with Crippen LogP contribution in [-0.4, -0.2) is 37.3 Å². The average molecular weight is 387 g/mol. The van der Waals surface area contributed by atoms with Crippen molar-refractivity contribution in [2.75, 3.05) is 13.1 Å². The topological polar surface area (TPSA) is 92.5 Å². The van der Waals surface area contributed by atoms with Crippen molar-refractivity contribution in [3.8, 4) is 0 Å². The first-order chi connectivity index (χ1) is 12.2. The van der Waals surface area contributed by atoms with Gasteiger partial charge in [-0.15, -0.1) is 0 Å². The maximum atomic E-state index is 13.7. The molecule has 1 aromatic heterocycles. The number of amides is 1. The van der Waals surface area contributed by atoms with E-state index in [9.17, 15) is 22.0 Å². The Labute approximate surface area is 150 Å². The van der Waals surface area contributed by atoms with Gasteiger partial charge in [0, 0.05) is 13.1 Å². The van der Waals surface area contributed by atoms with Crippen molar-refractivity contribution in [3.63, 3.8) is 0 Å². The summed E-state index contributed by atoms with van der Waals surface area (Å²) >= 11 is 0. The predicted molar refractivity (Wildman–Crippen MR) is 88.9 cm³/mol. The monoisotopic (exact) mass is 387 g/mol. The zero-order valence-electron chi connectivity index (χ0n) is 14.5. The smallest absolute Gasteiger partial charge is 0.276 e. The van der Waals surface area contributed by atoms with Gasteiger partial charge in [0.2, 0.25) is 15.9 Å². The van der Waals surface area contributed by atoms with Gasteiger partial charge in [-0.25, -0.2) is 26.9 Å².